The van der Waals surface area contributed by atoms with Crippen molar-refractivity contribution < 1.29 is 13.9 Å². The Morgan fingerprint density at radius 3 is 2.68 bits per heavy atom. The summed E-state index contributed by atoms with van der Waals surface area (Å²) in [5.74, 6) is 0.864. The van der Waals surface area contributed by atoms with Crippen LogP contribution in [0, 0.1) is 11.8 Å². The number of carbonyl (C=O) groups excluding carboxylic acids is 1. The zero-order chi connectivity index (χ0) is 26.6. The predicted molar refractivity (Wildman–Crippen MR) is 147 cm³/mol. The predicted octanol–water partition coefficient (Wildman–Crippen LogP) is 4.25. The number of nitrogens with one attached hydrogen (secondary N) is 1. The summed E-state index contributed by atoms with van der Waals surface area (Å²) >= 11 is 6.69. The molecule has 5 atom stereocenters. The molecule has 0 radical (unpaired) electrons. The lowest BCUT2D eigenvalue weighted by atomic mass is 9.96. The molecule has 1 amide bonds. The van der Waals surface area contributed by atoms with Gasteiger partial charge < -0.3 is 15.0 Å². The largest absolute Gasteiger partial charge is 0.376 e. The van der Waals surface area contributed by atoms with E-state index in [1.54, 1.807) is 10.9 Å². The van der Waals surface area contributed by atoms with Crippen LogP contribution in [0.25, 0.3) is 10.8 Å². The first-order valence-corrected chi connectivity index (χ1v) is 13.8. The molecule has 1 aromatic carbocycles. The number of rotatable bonds is 6. The Labute approximate surface area is 227 Å². The van der Waals surface area contributed by atoms with Crippen molar-refractivity contribution in [1.82, 2.24) is 19.7 Å². The summed E-state index contributed by atoms with van der Waals surface area (Å²) in [6, 6.07) is 7.89. The van der Waals surface area contributed by atoms with Crippen LogP contribution in [0.4, 0.5) is 15.9 Å². The van der Waals surface area contributed by atoms with Crippen molar-refractivity contribution in [2.24, 2.45) is 18.9 Å². The standard InChI is InChI=1S/C28H34ClFN6O2/c1-4-19-25(21-5-6-34(3)33-21)26(19)27(37)32-24-13-17-12-22(20(29)11-18(17)14-31-24)35-7-9-36(10-8-35)28(2)16-38-15-23(28)30/h5-6,11-14,19,23,25-26H,4,7-10,15-16H2,1-3H3,(H,31,32,37). The summed E-state index contributed by atoms with van der Waals surface area (Å²) in [5.41, 5.74) is 1.35. The number of ether oxygens (including phenoxy) is 1. The number of hydrogen-bond donors (Lipinski definition) is 1. The van der Waals surface area contributed by atoms with Gasteiger partial charge in [-0.05, 0) is 42.5 Å². The van der Waals surface area contributed by atoms with E-state index in [1.807, 2.05) is 38.4 Å². The zero-order valence-electron chi connectivity index (χ0n) is 22.0. The quantitative estimate of drug-likeness (QED) is 0.504. The summed E-state index contributed by atoms with van der Waals surface area (Å²) < 4.78 is 21.7. The molecule has 10 heteroatoms. The molecule has 4 heterocycles. The third-order valence-corrected chi connectivity index (χ3v) is 9.04. The van der Waals surface area contributed by atoms with Crippen LogP contribution in [-0.2, 0) is 16.6 Å². The normalized spacial score (nSPS) is 29.7. The van der Waals surface area contributed by atoms with Gasteiger partial charge in [0.1, 0.15) is 12.0 Å². The maximum absolute atomic E-state index is 14.5. The second-order valence-electron chi connectivity index (χ2n) is 11.1. The monoisotopic (exact) mass is 540 g/mol. The first-order valence-electron chi connectivity index (χ1n) is 13.4. The minimum absolute atomic E-state index is 0.0137. The van der Waals surface area contributed by atoms with Crippen molar-refractivity contribution in [3.05, 3.63) is 47.4 Å². The highest BCUT2D eigenvalue weighted by Crippen LogP contribution is 2.55. The Morgan fingerprint density at radius 2 is 2.03 bits per heavy atom. The molecule has 38 heavy (non-hydrogen) atoms. The van der Waals surface area contributed by atoms with Crippen LogP contribution in [0.15, 0.2) is 36.7 Å². The number of hydrogen-bond acceptors (Lipinski definition) is 6. The third kappa shape index (κ3) is 4.44. The van der Waals surface area contributed by atoms with Gasteiger partial charge in [0.05, 0.1) is 41.1 Å². The molecule has 0 spiro atoms. The summed E-state index contributed by atoms with van der Waals surface area (Å²) in [6.07, 6.45) is 3.63. The number of piperazine rings is 1. The second-order valence-corrected chi connectivity index (χ2v) is 11.5. The Kier molecular flexibility index (Phi) is 6.56. The molecule has 5 unspecified atom stereocenters. The third-order valence-electron chi connectivity index (χ3n) is 8.73. The highest BCUT2D eigenvalue weighted by Gasteiger charge is 2.55. The lowest BCUT2D eigenvalue weighted by Crippen LogP contribution is -2.59. The van der Waals surface area contributed by atoms with E-state index in [0.717, 1.165) is 54.8 Å². The number of halogens is 2. The number of pyridine rings is 1. The topological polar surface area (TPSA) is 75.5 Å². The Hall–Kier alpha value is -2.75. The maximum Gasteiger partial charge on any atom is 0.229 e. The highest BCUT2D eigenvalue weighted by atomic mass is 35.5. The first kappa shape index (κ1) is 25.5. The fraction of sp³-hybridized carbons (Fsp3) is 0.536. The number of benzene rings is 1. The maximum atomic E-state index is 14.5. The molecule has 2 aliphatic heterocycles. The lowest BCUT2D eigenvalue weighted by Gasteiger charge is -2.44. The van der Waals surface area contributed by atoms with Crippen molar-refractivity contribution in [2.75, 3.05) is 49.6 Å². The number of fused-ring (bicyclic) bond motifs is 1. The van der Waals surface area contributed by atoms with Crippen molar-refractivity contribution in [3.8, 4) is 0 Å². The summed E-state index contributed by atoms with van der Waals surface area (Å²) in [7, 11) is 1.89. The molecule has 202 valence electrons. The van der Waals surface area contributed by atoms with Gasteiger partial charge in [-0.3, -0.25) is 14.4 Å². The number of carbonyl (C=O) groups is 1. The SMILES string of the molecule is CCC1C(C(=O)Nc2cc3cc(N4CCN(C5(C)COCC5F)CC4)c(Cl)cc3cn2)C1c1ccn(C)n1. The van der Waals surface area contributed by atoms with Gasteiger partial charge in [-0.15, -0.1) is 0 Å². The molecule has 3 fully saturated rings. The smallest absolute Gasteiger partial charge is 0.229 e. The molecule has 1 aliphatic carbocycles. The van der Waals surface area contributed by atoms with Crippen LogP contribution < -0.4 is 10.2 Å². The van der Waals surface area contributed by atoms with Gasteiger partial charge in [-0.25, -0.2) is 9.37 Å². The summed E-state index contributed by atoms with van der Waals surface area (Å²) in [4.78, 5) is 22.1. The van der Waals surface area contributed by atoms with E-state index in [1.165, 1.54) is 0 Å². The molecule has 6 rings (SSSR count). The summed E-state index contributed by atoms with van der Waals surface area (Å²) in [6.45, 7) is 7.64. The van der Waals surface area contributed by atoms with Crippen molar-refractivity contribution in [2.45, 2.75) is 37.9 Å². The van der Waals surface area contributed by atoms with Gasteiger partial charge in [-0.1, -0.05) is 24.9 Å². The molecule has 1 saturated carbocycles. The second kappa shape index (κ2) is 9.77. The van der Waals surface area contributed by atoms with E-state index in [9.17, 15) is 9.18 Å². The molecule has 0 bridgehead atoms. The molecule has 3 aromatic rings. The molecule has 1 N–H and O–H groups in total. The van der Waals surface area contributed by atoms with Gasteiger partial charge in [0.15, 0.2) is 0 Å². The minimum atomic E-state index is -0.970. The average Bonchev–Trinajstić information content (AvgIpc) is 3.33. The van der Waals surface area contributed by atoms with Crippen LogP contribution in [0.3, 0.4) is 0 Å². The van der Waals surface area contributed by atoms with Gasteiger partial charge in [0.25, 0.3) is 0 Å². The first-order chi connectivity index (χ1) is 18.3. The van der Waals surface area contributed by atoms with Crippen LogP contribution in [-0.4, -0.2) is 76.7 Å². The zero-order valence-corrected chi connectivity index (χ0v) is 22.8. The van der Waals surface area contributed by atoms with E-state index in [-0.39, 0.29) is 24.3 Å². The number of nitrogens with zero attached hydrogens (tertiary/aromatic N) is 5. The number of aromatic nitrogens is 3. The fourth-order valence-corrected chi connectivity index (χ4v) is 6.61. The van der Waals surface area contributed by atoms with Gasteiger partial charge >= 0.3 is 0 Å². The van der Waals surface area contributed by atoms with Crippen LogP contribution in [0.2, 0.25) is 5.02 Å². The van der Waals surface area contributed by atoms with Crippen LogP contribution in [0.5, 0.6) is 0 Å². The van der Waals surface area contributed by atoms with E-state index < -0.39 is 11.7 Å². The van der Waals surface area contributed by atoms with Crippen LogP contribution in [0.1, 0.15) is 31.9 Å². The van der Waals surface area contributed by atoms with Crippen molar-refractivity contribution >= 4 is 39.8 Å². The van der Waals surface area contributed by atoms with Crippen molar-refractivity contribution in [3.63, 3.8) is 0 Å². The molecular weight excluding hydrogens is 507 g/mol. The molecule has 2 saturated heterocycles. The highest BCUT2D eigenvalue weighted by molar-refractivity contribution is 6.34. The number of alkyl halides is 1. The average molecular weight is 541 g/mol. The Balaban J connectivity index is 1.16. The van der Waals surface area contributed by atoms with E-state index in [2.05, 4.69) is 38.2 Å². The number of amides is 1. The van der Waals surface area contributed by atoms with E-state index in [0.29, 0.717) is 23.4 Å². The molecule has 2 aromatic heterocycles. The number of aryl methyl sites for hydroxylation is 1. The van der Waals surface area contributed by atoms with E-state index in [4.69, 9.17) is 16.3 Å². The van der Waals surface area contributed by atoms with E-state index >= 15 is 0 Å². The fourth-order valence-electron chi connectivity index (χ4n) is 6.31. The van der Waals surface area contributed by atoms with Gasteiger partial charge in [-0.2, -0.15) is 5.10 Å². The molecular formula is C28H34ClFN6O2. The molecule has 8 nitrogen and oxygen atoms in total. The van der Waals surface area contributed by atoms with Gasteiger partial charge in [0, 0.05) is 56.9 Å². The van der Waals surface area contributed by atoms with Crippen LogP contribution >= 0.6 is 11.6 Å². The molecule has 3 aliphatic rings. The van der Waals surface area contributed by atoms with Gasteiger partial charge in [0.2, 0.25) is 5.91 Å². The number of anilines is 2. The summed E-state index contributed by atoms with van der Waals surface area (Å²) in [5, 5.41) is 10.1. The Morgan fingerprint density at radius 1 is 1.24 bits per heavy atom. The lowest BCUT2D eigenvalue weighted by molar-refractivity contribution is -0.117. The van der Waals surface area contributed by atoms with Crippen molar-refractivity contribution in [1.29, 1.82) is 0 Å². The Bertz CT molecular complexity index is 1360. The minimum Gasteiger partial charge on any atom is -0.376 e.